The molecule has 5 nitrogen and oxygen atoms in total. The number of carbonyl (C=O) groups is 2. The van der Waals surface area contributed by atoms with Crippen molar-refractivity contribution in [3.8, 4) is 0 Å². The number of hydrogen-bond acceptors (Lipinski definition) is 3. The Morgan fingerprint density at radius 1 is 1.04 bits per heavy atom. The molecule has 3 atom stereocenters. The average molecular weight is 325 g/mol. The van der Waals surface area contributed by atoms with Crippen molar-refractivity contribution in [1.82, 2.24) is 15.5 Å². The van der Waals surface area contributed by atoms with E-state index in [-0.39, 0.29) is 30.7 Å². The van der Waals surface area contributed by atoms with Crippen LogP contribution < -0.4 is 10.6 Å². The lowest BCUT2D eigenvalue weighted by Gasteiger charge is -2.34. The summed E-state index contributed by atoms with van der Waals surface area (Å²) in [7, 11) is 0. The molecular weight excluding hydrogens is 290 g/mol. The van der Waals surface area contributed by atoms with Crippen LogP contribution in [0.15, 0.2) is 0 Å². The van der Waals surface area contributed by atoms with Crippen molar-refractivity contribution in [1.29, 1.82) is 0 Å². The van der Waals surface area contributed by atoms with Crippen LogP contribution in [0.1, 0.15) is 59.8 Å². The first-order valence-electron chi connectivity index (χ1n) is 9.26. The third-order valence-electron chi connectivity index (χ3n) is 5.28. The van der Waals surface area contributed by atoms with Crippen molar-refractivity contribution in [2.24, 2.45) is 11.8 Å². The van der Waals surface area contributed by atoms with Gasteiger partial charge in [-0.3, -0.25) is 9.59 Å². The summed E-state index contributed by atoms with van der Waals surface area (Å²) in [6.45, 7) is 12.2. The Hall–Kier alpha value is -1.10. The normalized spacial score (nSPS) is 24.5. The Kier molecular flexibility index (Phi) is 9.22. The van der Waals surface area contributed by atoms with Crippen molar-refractivity contribution < 1.29 is 9.59 Å². The SMILES string of the molecule is CCN(CC)CCNC(=O)CCC(=O)N[C@H]1CCC[C@H](C)[C@@H]1C. The maximum Gasteiger partial charge on any atom is 0.220 e. The van der Waals surface area contributed by atoms with Gasteiger partial charge in [-0.2, -0.15) is 0 Å². The highest BCUT2D eigenvalue weighted by Gasteiger charge is 2.27. The van der Waals surface area contributed by atoms with Crippen LogP contribution in [0.4, 0.5) is 0 Å². The van der Waals surface area contributed by atoms with Crippen molar-refractivity contribution in [3.63, 3.8) is 0 Å². The first kappa shape index (κ1) is 19.9. The number of rotatable bonds is 9. The van der Waals surface area contributed by atoms with Gasteiger partial charge in [0.25, 0.3) is 0 Å². The van der Waals surface area contributed by atoms with Crippen LogP contribution in [0.5, 0.6) is 0 Å². The van der Waals surface area contributed by atoms with Gasteiger partial charge in [0.1, 0.15) is 0 Å². The molecule has 0 radical (unpaired) electrons. The van der Waals surface area contributed by atoms with E-state index in [1.54, 1.807) is 0 Å². The zero-order valence-electron chi connectivity index (χ0n) is 15.4. The third kappa shape index (κ3) is 7.34. The van der Waals surface area contributed by atoms with Gasteiger partial charge in [-0.05, 0) is 31.3 Å². The zero-order chi connectivity index (χ0) is 17.2. The molecule has 1 aliphatic carbocycles. The summed E-state index contributed by atoms with van der Waals surface area (Å²) in [5.74, 6) is 1.17. The molecule has 1 saturated carbocycles. The minimum Gasteiger partial charge on any atom is -0.355 e. The highest BCUT2D eigenvalue weighted by atomic mass is 16.2. The fraction of sp³-hybridized carbons (Fsp3) is 0.889. The Bertz CT molecular complexity index is 369. The molecule has 0 unspecified atom stereocenters. The van der Waals surface area contributed by atoms with E-state index in [0.717, 1.165) is 26.1 Å². The Morgan fingerprint density at radius 3 is 2.35 bits per heavy atom. The summed E-state index contributed by atoms with van der Waals surface area (Å²) in [4.78, 5) is 26.1. The van der Waals surface area contributed by atoms with Gasteiger partial charge in [0.05, 0.1) is 0 Å². The molecule has 0 aromatic carbocycles. The third-order valence-corrected chi connectivity index (χ3v) is 5.28. The predicted octanol–water partition coefficient (Wildman–Crippen LogP) is 2.17. The standard InChI is InChI=1S/C18H35N3O2/c1-5-21(6-2)13-12-19-17(22)10-11-18(23)20-16-9-7-8-14(3)15(16)4/h14-16H,5-13H2,1-4H3,(H,19,22)(H,20,23)/t14-,15-,16-/m0/s1. The second-order valence-corrected chi connectivity index (χ2v) is 6.82. The Labute approximate surface area is 141 Å². The molecule has 1 aliphatic rings. The van der Waals surface area contributed by atoms with Gasteiger partial charge in [-0.25, -0.2) is 0 Å². The molecule has 2 amide bonds. The molecule has 134 valence electrons. The molecule has 0 aliphatic heterocycles. The van der Waals surface area contributed by atoms with E-state index in [1.807, 2.05) is 0 Å². The Balaban J connectivity index is 2.18. The molecule has 0 saturated heterocycles. The molecule has 1 fully saturated rings. The highest BCUT2D eigenvalue weighted by molar-refractivity contribution is 5.83. The number of nitrogens with one attached hydrogen (secondary N) is 2. The van der Waals surface area contributed by atoms with Crippen LogP contribution in [0.25, 0.3) is 0 Å². The lowest BCUT2D eigenvalue weighted by atomic mass is 9.78. The molecule has 1 rings (SSSR count). The van der Waals surface area contributed by atoms with Gasteiger partial charge in [-0.15, -0.1) is 0 Å². The minimum absolute atomic E-state index is 0.00911. The first-order chi connectivity index (χ1) is 11.0. The lowest BCUT2D eigenvalue weighted by Crippen LogP contribution is -2.44. The molecule has 0 spiro atoms. The fourth-order valence-electron chi connectivity index (χ4n) is 3.27. The van der Waals surface area contributed by atoms with E-state index in [0.29, 0.717) is 18.4 Å². The smallest absolute Gasteiger partial charge is 0.220 e. The molecule has 2 N–H and O–H groups in total. The van der Waals surface area contributed by atoms with E-state index in [9.17, 15) is 9.59 Å². The van der Waals surface area contributed by atoms with E-state index in [1.165, 1.54) is 12.8 Å². The number of carbonyl (C=O) groups excluding carboxylic acids is 2. The molecule has 0 aromatic heterocycles. The molecule has 0 heterocycles. The van der Waals surface area contributed by atoms with E-state index in [2.05, 4.69) is 43.2 Å². The summed E-state index contributed by atoms with van der Waals surface area (Å²) < 4.78 is 0. The fourth-order valence-corrected chi connectivity index (χ4v) is 3.27. The quantitative estimate of drug-likeness (QED) is 0.683. The number of amides is 2. The molecule has 5 heteroatoms. The van der Waals surface area contributed by atoms with Crippen molar-refractivity contribution in [2.45, 2.75) is 65.8 Å². The van der Waals surface area contributed by atoms with Crippen LogP contribution in [0.3, 0.4) is 0 Å². The average Bonchev–Trinajstić information content (AvgIpc) is 2.54. The van der Waals surface area contributed by atoms with Crippen molar-refractivity contribution in [2.75, 3.05) is 26.2 Å². The molecule has 0 aromatic rings. The van der Waals surface area contributed by atoms with Crippen LogP contribution in [-0.2, 0) is 9.59 Å². The lowest BCUT2D eigenvalue weighted by molar-refractivity contribution is -0.127. The van der Waals surface area contributed by atoms with Crippen LogP contribution >= 0.6 is 0 Å². The Morgan fingerprint density at radius 2 is 1.70 bits per heavy atom. The van der Waals surface area contributed by atoms with Crippen molar-refractivity contribution >= 4 is 11.8 Å². The summed E-state index contributed by atoms with van der Waals surface area (Å²) in [6, 6.07) is 0.275. The van der Waals surface area contributed by atoms with Crippen LogP contribution in [0.2, 0.25) is 0 Å². The second-order valence-electron chi connectivity index (χ2n) is 6.82. The number of likely N-dealkylation sites (N-methyl/N-ethyl adjacent to an activating group) is 1. The monoisotopic (exact) mass is 325 g/mol. The van der Waals surface area contributed by atoms with Gasteiger partial charge in [0.15, 0.2) is 0 Å². The molecular formula is C18H35N3O2. The maximum atomic E-state index is 12.0. The maximum absolute atomic E-state index is 12.0. The second kappa shape index (κ2) is 10.6. The summed E-state index contributed by atoms with van der Waals surface area (Å²) >= 11 is 0. The van der Waals surface area contributed by atoms with Crippen LogP contribution in [-0.4, -0.2) is 48.9 Å². The van der Waals surface area contributed by atoms with E-state index < -0.39 is 0 Å². The zero-order valence-corrected chi connectivity index (χ0v) is 15.4. The number of nitrogens with zero attached hydrogens (tertiary/aromatic N) is 1. The van der Waals surface area contributed by atoms with Crippen LogP contribution in [0, 0.1) is 11.8 Å². The minimum atomic E-state index is -0.0302. The van der Waals surface area contributed by atoms with Gasteiger partial charge < -0.3 is 15.5 Å². The largest absolute Gasteiger partial charge is 0.355 e. The summed E-state index contributed by atoms with van der Waals surface area (Å²) in [6.07, 6.45) is 4.06. The first-order valence-corrected chi connectivity index (χ1v) is 9.26. The van der Waals surface area contributed by atoms with Crippen molar-refractivity contribution in [3.05, 3.63) is 0 Å². The van der Waals surface area contributed by atoms with Gasteiger partial charge in [-0.1, -0.05) is 40.5 Å². The van der Waals surface area contributed by atoms with Gasteiger partial charge >= 0.3 is 0 Å². The molecule has 23 heavy (non-hydrogen) atoms. The highest BCUT2D eigenvalue weighted by Crippen LogP contribution is 2.29. The summed E-state index contributed by atoms with van der Waals surface area (Å²) in [5.41, 5.74) is 0. The predicted molar refractivity (Wildman–Crippen MR) is 94.1 cm³/mol. The summed E-state index contributed by atoms with van der Waals surface area (Å²) in [5, 5.41) is 6.02. The van der Waals surface area contributed by atoms with E-state index >= 15 is 0 Å². The van der Waals surface area contributed by atoms with E-state index in [4.69, 9.17) is 0 Å². The van der Waals surface area contributed by atoms with Gasteiger partial charge in [0.2, 0.25) is 11.8 Å². The topological polar surface area (TPSA) is 61.4 Å². The molecule has 0 bridgehead atoms. The van der Waals surface area contributed by atoms with Gasteiger partial charge in [0, 0.05) is 32.0 Å². The number of hydrogen-bond donors (Lipinski definition) is 2.